The van der Waals surface area contributed by atoms with Crippen LogP contribution in [-0.4, -0.2) is 37.4 Å². The fourth-order valence-electron chi connectivity index (χ4n) is 1.70. The maximum Gasteiger partial charge on any atom is 0.278 e. The van der Waals surface area contributed by atoms with Gasteiger partial charge < -0.3 is 9.88 Å². The molecule has 2 aromatic rings. The molecule has 1 heterocycles. The third-order valence-electron chi connectivity index (χ3n) is 2.44. The SMILES string of the molecule is CN(C)Cc1cccc(NS(=O)(=O)c2cnc[nH]2)c1. The second kappa shape index (κ2) is 5.41. The first-order valence-electron chi connectivity index (χ1n) is 5.72. The molecule has 0 spiro atoms. The number of hydrogen-bond acceptors (Lipinski definition) is 4. The summed E-state index contributed by atoms with van der Waals surface area (Å²) in [5.41, 5.74) is 1.57. The molecule has 1 aromatic heterocycles. The molecule has 6 nitrogen and oxygen atoms in total. The standard InChI is InChI=1S/C12H16N4O2S/c1-16(2)8-10-4-3-5-11(6-10)15-19(17,18)12-7-13-9-14-12/h3-7,9,15H,8H2,1-2H3,(H,13,14). The first kappa shape index (κ1) is 13.6. The molecule has 0 radical (unpaired) electrons. The third-order valence-corrected chi connectivity index (χ3v) is 3.75. The lowest BCUT2D eigenvalue weighted by atomic mass is 10.2. The van der Waals surface area contributed by atoms with E-state index < -0.39 is 10.0 Å². The molecule has 0 atom stereocenters. The number of aromatic amines is 1. The van der Waals surface area contributed by atoms with Crippen molar-refractivity contribution in [2.45, 2.75) is 11.6 Å². The van der Waals surface area contributed by atoms with Gasteiger partial charge in [-0.05, 0) is 31.8 Å². The zero-order valence-corrected chi connectivity index (χ0v) is 11.6. The van der Waals surface area contributed by atoms with Crippen LogP contribution in [0.4, 0.5) is 5.69 Å². The fourth-order valence-corrected chi connectivity index (χ4v) is 2.65. The van der Waals surface area contributed by atoms with Crippen molar-refractivity contribution >= 4 is 15.7 Å². The van der Waals surface area contributed by atoms with Crippen molar-refractivity contribution in [1.82, 2.24) is 14.9 Å². The monoisotopic (exact) mass is 280 g/mol. The number of rotatable bonds is 5. The summed E-state index contributed by atoms with van der Waals surface area (Å²) in [6.07, 6.45) is 2.60. The molecular weight excluding hydrogens is 264 g/mol. The molecule has 2 rings (SSSR count). The highest BCUT2D eigenvalue weighted by Gasteiger charge is 2.15. The van der Waals surface area contributed by atoms with E-state index in [2.05, 4.69) is 14.7 Å². The average molecular weight is 280 g/mol. The molecule has 0 aliphatic heterocycles. The number of nitrogens with one attached hydrogen (secondary N) is 2. The first-order chi connectivity index (χ1) is 8.97. The lowest BCUT2D eigenvalue weighted by Gasteiger charge is -2.11. The first-order valence-corrected chi connectivity index (χ1v) is 7.20. The van der Waals surface area contributed by atoms with E-state index in [-0.39, 0.29) is 5.03 Å². The zero-order chi connectivity index (χ0) is 13.9. The predicted octanol–water partition coefficient (Wildman–Crippen LogP) is 1.27. The van der Waals surface area contributed by atoms with Crippen molar-refractivity contribution in [3.05, 3.63) is 42.4 Å². The van der Waals surface area contributed by atoms with Crippen LogP contribution in [0, 0.1) is 0 Å². The number of aromatic nitrogens is 2. The van der Waals surface area contributed by atoms with Crippen molar-refractivity contribution in [3.8, 4) is 0 Å². The Morgan fingerprint density at radius 2 is 2.16 bits per heavy atom. The molecular formula is C12H16N4O2S. The zero-order valence-electron chi connectivity index (χ0n) is 10.8. The van der Waals surface area contributed by atoms with Crippen molar-refractivity contribution in [3.63, 3.8) is 0 Å². The van der Waals surface area contributed by atoms with E-state index in [4.69, 9.17) is 0 Å². The Morgan fingerprint density at radius 3 is 2.79 bits per heavy atom. The summed E-state index contributed by atoms with van der Waals surface area (Å²) in [6, 6.07) is 7.30. The van der Waals surface area contributed by atoms with Crippen molar-refractivity contribution in [1.29, 1.82) is 0 Å². The van der Waals surface area contributed by atoms with Gasteiger partial charge in [0.2, 0.25) is 0 Å². The van der Waals surface area contributed by atoms with Gasteiger partial charge in [-0.25, -0.2) is 4.98 Å². The number of H-pyrrole nitrogens is 1. The smallest absolute Gasteiger partial charge is 0.278 e. The van der Waals surface area contributed by atoms with Crippen LogP contribution in [0.5, 0.6) is 0 Å². The maximum absolute atomic E-state index is 12.0. The van der Waals surface area contributed by atoms with E-state index in [0.717, 1.165) is 12.1 Å². The number of sulfonamides is 1. The van der Waals surface area contributed by atoms with Gasteiger partial charge in [0.15, 0.2) is 5.03 Å². The van der Waals surface area contributed by atoms with E-state index in [0.29, 0.717) is 5.69 Å². The van der Waals surface area contributed by atoms with Crippen LogP contribution in [0.1, 0.15) is 5.56 Å². The normalized spacial score (nSPS) is 11.7. The van der Waals surface area contributed by atoms with Gasteiger partial charge in [-0.3, -0.25) is 4.72 Å². The number of hydrogen-bond donors (Lipinski definition) is 2. The molecule has 2 N–H and O–H groups in total. The molecule has 0 aliphatic rings. The summed E-state index contributed by atoms with van der Waals surface area (Å²) in [5, 5.41) is 0.0468. The Labute approximate surface area is 112 Å². The molecule has 0 saturated carbocycles. The average Bonchev–Trinajstić information content (AvgIpc) is 2.81. The Kier molecular flexibility index (Phi) is 3.87. The molecule has 0 unspecified atom stereocenters. The molecule has 0 amide bonds. The van der Waals surface area contributed by atoms with Crippen LogP contribution in [0.2, 0.25) is 0 Å². The van der Waals surface area contributed by atoms with Gasteiger partial charge in [0.25, 0.3) is 10.0 Å². The number of benzene rings is 1. The van der Waals surface area contributed by atoms with Crippen molar-refractivity contribution in [2.75, 3.05) is 18.8 Å². The Balaban J connectivity index is 2.20. The van der Waals surface area contributed by atoms with Gasteiger partial charge in [-0.2, -0.15) is 8.42 Å². The van der Waals surface area contributed by atoms with Gasteiger partial charge in [0.05, 0.1) is 12.5 Å². The lowest BCUT2D eigenvalue weighted by molar-refractivity contribution is 0.402. The maximum atomic E-state index is 12.0. The van der Waals surface area contributed by atoms with Gasteiger partial charge >= 0.3 is 0 Å². The van der Waals surface area contributed by atoms with E-state index in [9.17, 15) is 8.42 Å². The molecule has 0 fully saturated rings. The lowest BCUT2D eigenvalue weighted by Crippen LogP contribution is -2.14. The topological polar surface area (TPSA) is 78.1 Å². The van der Waals surface area contributed by atoms with E-state index in [1.54, 1.807) is 6.07 Å². The second-order valence-corrected chi connectivity index (χ2v) is 6.11. The van der Waals surface area contributed by atoms with Crippen LogP contribution < -0.4 is 4.72 Å². The summed E-state index contributed by atoms with van der Waals surface area (Å²) >= 11 is 0. The Hall–Kier alpha value is -1.86. The molecule has 7 heteroatoms. The van der Waals surface area contributed by atoms with Crippen molar-refractivity contribution < 1.29 is 8.42 Å². The van der Waals surface area contributed by atoms with Crippen LogP contribution in [0.3, 0.4) is 0 Å². The van der Waals surface area contributed by atoms with E-state index in [1.165, 1.54) is 12.5 Å². The summed E-state index contributed by atoms with van der Waals surface area (Å²) < 4.78 is 26.5. The van der Waals surface area contributed by atoms with E-state index >= 15 is 0 Å². The number of anilines is 1. The molecule has 0 aliphatic carbocycles. The van der Waals surface area contributed by atoms with Crippen LogP contribution in [0.25, 0.3) is 0 Å². The van der Waals surface area contributed by atoms with Crippen LogP contribution in [0.15, 0.2) is 41.8 Å². The van der Waals surface area contributed by atoms with Gasteiger partial charge in [0.1, 0.15) is 0 Å². The summed E-state index contributed by atoms with van der Waals surface area (Å²) in [6.45, 7) is 0.750. The van der Waals surface area contributed by atoms with E-state index in [1.807, 2.05) is 37.2 Å². The predicted molar refractivity (Wildman–Crippen MR) is 73.2 cm³/mol. The minimum atomic E-state index is -3.60. The largest absolute Gasteiger partial charge is 0.334 e. The molecule has 102 valence electrons. The van der Waals surface area contributed by atoms with Gasteiger partial charge in [-0.1, -0.05) is 12.1 Å². The molecule has 0 bridgehead atoms. The van der Waals surface area contributed by atoms with Crippen molar-refractivity contribution in [2.24, 2.45) is 0 Å². The fraction of sp³-hybridized carbons (Fsp3) is 0.250. The molecule has 19 heavy (non-hydrogen) atoms. The Bertz CT molecular complexity index is 636. The third kappa shape index (κ3) is 3.55. The summed E-state index contributed by atoms with van der Waals surface area (Å²) in [5.74, 6) is 0. The van der Waals surface area contributed by atoms with Gasteiger partial charge in [-0.15, -0.1) is 0 Å². The Morgan fingerprint density at radius 1 is 1.37 bits per heavy atom. The minimum absolute atomic E-state index is 0.0468. The highest BCUT2D eigenvalue weighted by Crippen LogP contribution is 2.16. The number of nitrogens with zero attached hydrogens (tertiary/aromatic N) is 2. The highest BCUT2D eigenvalue weighted by molar-refractivity contribution is 7.92. The van der Waals surface area contributed by atoms with Crippen LogP contribution in [-0.2, 0) is 16.6 Å². The molecule has 0 saturated heterocycles. The summed E-state index contributed by atoms with van der Waals surface area (Å²) in [7, 11) is 0.323. The highest BCUT2D eigenvalue weighted by atomic mass is 32.2. The molecule has 1 aromatic carbocycles. The number of imidazole rings is 1. The second-order valence-electron chi connectivity index (χ2n) is 4.46. The van der Waals surface area contributed by atoms with Gasteiger partial charge in [0, 0.05) is 12.2 Å². The minimum Gasteiger partial charge on any atom is -0.334 e. The van der Waals surface area contributed by atoms with Crippen LogP contribution >= 0.6 is 0 Å². The quantitative estimate of drug-likeness (QED) is 0.864. The summed E-state index contributed by atoms with van der Waals surface area (Å²) in [4.78, 5) is 8.30.